The lowest BCUT2D eigenvalue weighted by molar-refractivity contribution is -0.119. The predicted octanol–water partition coefficient (Wildman–Crippen LogP) is 2.67. The van der Waals surface area contributed by atoms with E-state index in [1.807, 2.05) is 0 Å². The Bertz CT molecular complexity index is 197. The molecule has 0 amide bonds. The second-order valence-electron chi connectivity index (χ2n) is 5.65. The molecule has 0 aromatic rings. The number of rotatable bonds is 2. The minimum absolute atomic E-state index is 0.616. The van der Waals surface area contributed by atoms with Crippen LogP contribution < -0.4 is 5.32 Å². The van der Waals surface area contributed by atoms with Gasteiger partial charge in [-0.05, 0) is 42.6 Å². The van der Waals surface area contributed by atoms with Crippen LogP contribution in [0.15, 0.2) is 0 Å². The predicted molar refractivity (Wildman–Crippen MR) is 56.6 cm³/mol. The zero-order valence-electron chi connectivity index (χ0n) is 9.43. The van der Waals surface area contributed by atoms with E-state index in [1.54, 1.807) is 0 Å². The largest absolute Gasteiger partial charge is 0.314 e. The van der Waals surface area contributed by atoms with Crippen LogP contribution in [0.3, 0.4) is 0 Å². The molecule has 76 valence electrons. The van der Waals surface area contributed by atoms with Crippen molar-refractivity contribution in [1.29, 1.82) is 0 Å². The van der Waals surface area contributed by atoms with Gasteiger partial charge in [0, 0.05) is 6.04 Å². The standard InChI is InChI=1S/C12H23N/c1-5-13-11-6-8(2)9-7-10(11)12(9,3)4/h8-11,13H,5-7H2,1-4H3. The van der Waals surface area contributed by atoms with Crippen molar-refractivity contribution in [2.45, 2.75) is 46.6 Å². The fourth-order valence-electron chi connectivity index (χ4n) is 3.86. The highest BCUT2D eigenvalue weighted by Crippen LogP contribution is 2.61. The van der Waals surface area contributed by atoms with E-state index in [0.29, 0.717) is 5.41 Å². The lowest BCUT2D eigenvalue weighted by Crippen LogP contribution is -2.61. The molecule has 0 saturated heterocycles. The van der Waals surface area contributed by atoms with Crippen molar-refractivity contribution in [2.75, 3.05) is 6.54 Å². The molecule has 1 N–H and O–H groups in total. The summed E-state index contributed by atoms with van der Waals surface area (Å²) in [6, 6.07) is 0.806. The van der Waals surface area contributed by atoms with Crippen LogP contribution in [-0.4, -0.2) is 12.6 Å². The van der Waals surface area contributed by atoms with Gasteiger partial charge in [-0.2, -0.15) is 0 Å². The van der Waals surface area contributed by atoms with E-state index in [2.05, 4.69) is 33.0 Å². The molecule has 13 heavy (non-hydrogen) atoms. The maximum Gasteiger partial charge on any atom is 0.0103 e. The maximum atomic E-state index is 3.66. The van der Waals surface area contributed by atoms with Gasteiger partial charge in [-0.3, -0.25) is 0 Å². The van der Waals surface area contributed by atoms with E-state index in [1.165, 1.54) is 12.8 Å². The number of hydrogen-bond acceptors (Lipinski definition) is 1. The topological polar surface area (TPSA) is 12.0 Å². The van der Waals surface area contributed by atoms with E-state index in [0.717, 1.165) is 30.3 Å². The van der Waals surface area contributed by atoms with E-state index < -0.39 is 0 Å². The van der Waals surface area contributed by atoms with Crippen molar-refractivity contribution in [3.8, 4) is 0 Å². The Morgan fingerprint density at radius 1 is 1.23 bits per heavy atom. The molecular formula is C12H23N. The van der Waals surface area contributed by atoms with Gasteiger partial charge in [0.2, 0.25) is 0 Å². The maximum absolute atomic E-state index is 3.66. The fourth-order valence-corrected chi connectivity index (χ4v) is 3.86. The van der Waals surface area contributed by atoms with Gasteiger partial charge in [0.1, 0.15) is 0 Å². The molecule has 0 heterocycles. The summed E-state index contributed by atoms with van der Waals surface area (Å²) in [5.41, 5.74) is 0.616. The fraction of sp³-hybridized carbons (Fsp3) is 1.00. The van der Waals surface area contributed by atoms with Gasteiger partial charge in [-0.15, -0.1) is 0 Å². The average Bonchev–Trinajstić information content (AvgIpc) is 2.03. The molecule has 3 aliphatic carbocycles. The first-order valence-electron chi connectivity index (χ1n) is 5.80. The summed E-state index contributed by atoms with van der Waals surface area (Å²) in [4.78, 5) is 0. The monoisotopic (exact) mass is 181 g/mol. The van der Waals surface area contributed by atoms with Gasteiger partial charge < -0.3 is 5.32 Å². The Kier molecular flexibility index (Phi) is 2.18. The molecule has 1 heteroatoms. The van der Waals surface area contributed by atoms with Gasteiger partial charge in [-0.1, -0.05) is 27.7 Å². The van der Waals surface area contributed by atoms with Crippen molar-refractivity contribution in [2.24, 2.45) is 23.2 Å². The lowest BCUT2D eigenvalue weighted by Gasteiger charge is -2.63. The third kappa shape index (κ3) is 1.24. The first-order chi connectivity index (χ1) is 6.07. The molecule has 2 bridgehead atoms. The Morgan fingerprint density at radius 3 is 2.38 bits per heavy atom. The lowest BCUT2D eigenvalue weighted by atomic mass is 9.44. The minimum atomic E-state index is 0.616. The molecular weight excluding hydrogens is 158 g/mol. The Morgan fingerprint density at radius 2 is 1.92 bits per heavy atom. The zero-order valence-corrected chi connectivity index (χ0v) is 9.43. The van der Waals surface area contributed by atoms with Crippen molar-refractivity contribution in [1.82, 2.24) is 5.32 Å². The average molecular weight is 181 g/mol. The van der Waals surface area contributed by atoms with Crippen LogP contribution in [0, 0.1) is 23.2 Å². The Balaban J connectivity index is 2.08. The third-order valence-electron chi connectivity index (χ3n) is 4.68. The minimum Gasteiger partial charge on any atom is -0.314 e. The molecule has 3 saturated carbocycles. The second-order valence-corrected chi connectivity index (χ2v) is 5.65. The van der Waals surface area contributed by atoms with Crippen LogP contribution in [0.25, 0.3) is 0 Å². The van der Waals surface area contributed by atoms with E-state index in [9.17, 15) is 0 Å². The van der Waals surface area contributed by atoms with E-state index >= 15 is 0 Å². The molecule has 3 aliphatic rings. The number of nitrogens with one attached hydrogen (secondary N) is 1. The molecule has 0 aromatic carbocycles. The quantitative estimate of drug-likeness (QED) is 0.690. The summed E-state index contributed by atoms with van der Waals surface area (Å²) in [6.45, 7) is 10.7. The summed E-state index contributed by atoms with van der Waals surface area (Å²) in [5.74, 6) is 2.89. The van der Waals surface area contributed by atoms with Crippen LogP contribution in [0.1, 0.15) is 40.5 Å². The number of hydrogen-bond donors (Lipinski definition) is 1. The SMILES string of the molecule is CCNC1CC(C)C2CC1C2(C)C. The molecule has 4 atom stereocenters. The molecule has 0 spiro atoms. The molecule has 1 nitrogen and oxygen atoms in total. The molecule has 0 radical (unpaired) electrons. The smallest absolute Gasteiger partial charge is 0.0103 e. The summed E-state index contributed by atoms with van der Waals surface area (Å²) in [6.07, 6.45) is 2.89. The second kappa shape index (κ2) is 2.98. The molecule has 0 aromatic heterocycles. The summed E-state index contributed by atoms with van der Waals surface area (Å²) >= 11 is 0. The Hall–Kier alpha value is -0.0400. The van der Waals surface area contributed by atoms with Crippen LogP contribution in [-0.2, 0) is 0 Å². The van der Waals surface area contributed by atoms with Crippen molar-refractivity contribution >= 4 is 0 Å². The van der Waals surface area contributed by atoms with Crippen LogP contribution in [0.2, 0.25) is 0 Å². The van der Waals surface area contributed by atoms with Gasteiger partial charge in [0.05, 0.1) is 0 Å². The molecule has 3 fully saturated rings. The third-order valence-corrected chi connectivity index (χ3v) is 4.68. The van der Waals surface area contributed by atoms with Gasteiger partial charge >= 0.3 is 0 Å². The first-order valence-corrected chi connectivity index (χ1v) is 5.80. The Labute approximate surface area is 82.3 Å². The first kappa shape index (κ1) is 9.51. The summed E-state index contributed by atoms with van der Waals surface area (Å²) < 4.78 is 0. The van der Waals surface area contributed by atoms with Crippen molar-refractivity contribution in [3.05, 3.63) is 0 Å². The van der Waals surface area contributed by atoms with Crippen LogP contribution in [0.4, 0.5) is 0 Å². The number of fused-ring (bicyclic) bond motifs is 2. The van der Waals surface area contributed by atoms with Crippen LogP contribution >= 0.6 is 0 Å². The summed E-state index contributed by atoms with van der Waals surface area (Å²) in [7, 11) is 0. The van der Waals surface area contributed by atoms with Gasteiger partial charge in [-0.25, -0.2) is 0 Å². The van der Waals surface area contributed by atoms with E-state index in [-0.39, 0.29) is 0 Å². The highest BCUT2D eigenvalue weighted by atomic mass is 14.9. The molecule has 3 rings (SSSR count). The zero-order chi connectivity index (χ0) is 9.64. The normalized spacial score (nSPS) is 47.1. The van der Waals surface area contributed by atoms with Crippen molar-refractivity contribution in [3.63, 3.8) is 0 Å². The highest BCUT2D eigenvalue weighted by molar-refractivity contribution is 5.07. The van der Waals surface area contributed by atoms with Gasteiger partial charge in [0.15, 0.2) is 0 Å². The summed E-state index contributed by atoms with van der Waals surface area (Å²) in [5, 5.41) is 3.66. The molecule has 0 aliphatic heterocycles. The molecule has 4 unspecified atom stereocenters. The van der Waals surface area contributed by atoms with Crippen LogP contribution in [0.5, 0.6) is 0 Å². The van der Waals surface area contributed by atoms with E-state index in [4.69, 9.17) is 0 Å². The van der Waals surface area contributed by atoms with Gasteiger partial charge in [0.25, 0.3) is 0 Å². The highest BCUT2D eigenvalue weighted by Gasteiger charge is 2.56. The van der Waals surface area contributed by atoms with Crippen molar-refractivity contribution < 1.29 is 0 Å².